The summed E-state index contributed by atoms with van der Waals surface area (Å²) in [6.07, 6.45) is 4.52. The predicted molar refractivity (Wildman–Crippen MR) is 74.7 cm³/mol. The van der Waals surface area contributed by atoms with E-state index in [1.165, 1.54) is 0 Å². The van der Waals surface area contributed by atoms with Crippen molar-refractivity contribution >= 4 is 27.7 Å². The molecule has 6 nitrogen and oxygen atoms in total. The Morgan fingerprint density at radius 2 is 2.28 bits per heavy atom. The molecule has 18 heavy (non-hydrogen) atoms. The van der Waals surface area contributed by atoms with Gasteiger partial charge < -0.3 is 10.6 Å². The van der Waals surface area contributed by atoms with Crippen LogP contribution in [0.25, 0.3) is 0 Å². The van der Waals surface area contributed by atoms with Crippen LogP contribution in [0.15, 0.2) is 22.9 Å². The number of nitrogens with one attached hydrogen (secondary N) is 2. The SMILES string of the molecule is CNc1ncc(Br)c(NCCc2ccn(C)n2)n1. The van der Waals surface area contributed by atoms with Crippen LogP contribution in [0.2, 0.25) is 0 Å². The third kappa shape index (κ3) is 3.19. The molecule has 0 saturated heterocycles. The Kier molecular flexibility index (Phi) is 4.14. The molecule has 0 atom stereocenters. The molecule has 0 unspecified atom stereocenters. The molecular formula is C11H15BrN6. The molecule has 0 fully saturated rings. The van der Waals surface area contributed by atoms with Gasteiger partial charge in [-0.1, -0.05) is 0 Å². The Morgan fingerprint density at radius 3 is 2.94 bits per heavy atom. The van der Waals surface area contributed by atoms with Gasteiger partial charge in [-0.2, -0.15) is 10.1 Å². The average molecular weight is 311 g/mol. The molecule has 0 bridgehead atoms. The lowest BCUT2D eigenvalue weighted by Gasteiger charge is -2.07. The monoisotopic (exact) mass is 310 g/mol. The highest BCUT2D eigenvalue weighted by atomic mass is 79.9. The van der Waals surface area contributed by atoms with E-state index in [0.29, 0.717) is 5.95 Å². The van der Waals surface area contributed by atoms with Crippen molar-refractivity contribution in [3.8, 4) is 0 Å². The zero-order chi connectivity index (χ0) is 13.0. The van der Waals surface area contributed by atoms with Crippen LogP contribution in [-0.2, 0) is 13.5 Å². The topological polar surface area (TPSA) is 67.7 Å². The molecule has 2 N–H and O–H groups in total. The number of rotatable bonds is 5. The molecule has 0 aromatic carbocycles. The first-order valence-electron chi connectivity index (χ1n) is 5.61. The number of aryl methyl sites for hydroxylation is 1. The maximum absolute atomic E-state index is 4.32. The smallest absolute Gasteiger partial charge is 0.224 e. The standard InChI is InChI=1S/C11H15BrN6/c1-13-11-15-7-9(12)10(16-11)14-5-3-8-4-6-18(2)17-8/h4,6-7H,3,5H2,1-2H3,(H2,13,14,15,16). The molecule has 0 spiro atoms. The van der Waals surface area contributed by atoms with E-state index in [1.807, 2.05) is 19.3 Å². The summed E-state index contributed by atoms with van der Waals surface area (Å²) < 4.78 is 2.65. The van der Waals surface area contributed by atoms with Crippen molar-refractivity contribution in [3.63, 3.8) is 0 Å². The largest absolute Gasteiger partial charge is 0.369 e. The highest BCUT2D eigenvalue weighted by Gasteiger charge is 2.04. The summed E-state index contributed by atoms with van der Waals surface area (Å²) in [5.74, 6) is 1.38. The summed E-state index contributed by atoms with van der Waals surface area (Å²) in [5, 5.41) is 10.5. The third-order valence-electron chi connectivity index (χ3n) is 2.41. The first-order chi connectivity index (χ1) is 8.69. The Hall–Kier alpha value is -1.63. The Balaban J connectivity index is 1.93. The lowest BCUT2D eigenvalue weighted by Crippen LogP contribution is -2.09. The van der Waals surface area contributed by atoms with Crippen molar-refractivity contribution in [2.45, 2.75) is 6.42 Å². The third-order valence-corrected chi connectivity index (χ3v) is 2.99. The summed E-state index contributed by atoms with van der Waals surface area (Å²) in [5.41, 5.74) is 1.06. The lowest BCUT2D eigenvalue weighted by molar-refractivity contribution is 0.742. The second kappa shape index (κ2) is 5.81. The Morgan fingerprint density at radius 1 is 1.44 bits per heavy atom. The Labute approximate surface area is 114 Å². The van der Waals surface area contributed by atoms with Gasteiger partial charge in [-0.15, -0.1) is 0 Å². The molecular weight excluding hydrogens is 296 g/mol. The van der Waals surface area contributed by atoms with E-state index in [0.717, 1.165) is 29.0 Å². The van der Waals surface area contributed by atoms with Crippen LogP contribution in [0.3, 0.4) is 0 Å². The summed E-state index contributed by atoms with van der Waals surface area (Å²) in [6, 6.07) is 2.01. The molecule has 2 heterocycles. The zero-order valence-corrected chi connectivity index (χ0v) is 11.9. The molecule has 2 rings (SSSR count). The number of halogens is 1. The van der Waals surface area contributed by atoms with Crippen molar-refractivity contribution in [1.82, 2.24) is 19.7 Å². The fourth-order valence-corrected chi connectivity index (χ4v) is 1.85. The van der Waals surface area contributed by atoms with E-state index >= 15 is 0 Å². The van der Waals surface area contributed by atoms with Gasteiger partial charge in [0.15, 0.2) is 0 Å². The quantitative estimate of drug-likeness (QED) is 0.879. The first kappa shape index (κ1) is 12.8. The van der Waals surface area contributed by atoms with Gasteiger partial charge in [0, 0.05) is 39.5 Å². The molecule has 0 saturated carbocycles. The van der Waals surface area contributed by atoms with E-state index in [9.17, 15) is 0 Å². The van der Waals surface area contributed by atoms with Crippen LogP contribution < -0.4 is 10.6 Å². The van der Waals surface area contributed by atoms with E-state index in [1.54, 1.807) is 17.9 Å². The van der Waals surface area contributed by atoms with Crippen molar-refractivity contribution in [3.05, 3.63) is 28.6 Å². The van der Waals surface area contributed by atoms with Crippen LogP contribution >= 0.6 is 15.9 Å². The molecule has 0 aliphatic rings. The van der Waals surface area contributed by atoms with Crippen molar-refractivity contribution in [2.24, 2.45) is 7.05 Å². The number of hydrogen-bond donors (Lipinski definition) is 2. The molecule has 2 aromatic rings. The normalized spacial score (nSPS) is 10.4. The van der Waals surface area contributed by atoms with Crippen LogP contribution in [0.5, 0.6) is 0 Å². The summed E-state index contributed by atoms with van der Waals surface area (Å²) in [7, 11) is 3.71. The summed E-state index contributed by atoms with van der Waals surface area (Å²) >= 11 is 3.42. The molecule has 0 aliphatic heterocycles. The fraction of sp³-hybridized carbons (Fsp3) is 0.364. The second-order valence-corrected chi connectivity index (χ2v) is 4.65. The minimum atomic E-state index is 0.596. The van der Waals surface area contributed by atoms with E-state index in [-0.39, 0.29) is 0 Å². The highest BCUT2D eigenvalue weighted by Crippen LogP contribution is 2.19. The van der Waals surface area contributed by atoms with Gasteiger partial charge in [0.2, 0.25) is 5.95 Å². The van der Waals surface area contributed by atoms with Crippen molar-refractivity contribution in [1.29, 1.82) is 0 Å². The lowest BCUT2D eigenvalue weighted by atomic mass is 10.3. The van der Waals surface area contributed by atoms with Crippen LogP contribution in [-0.4, -0.2) is 33.3 Å². The summed E-state index contributed by atoms with van der Waals surface area (Å²) in [4.78, 5) is 8.42. The molecule has 0 aliphatic carbocycles. The number of nitrogens with zero attached hydrogens (tertiary/aromatic N) is 4. The number of anilines is 2. The molecule has 2 aromatic heterocycles. The molecule has 0 amide bonds. The highest BCUT2D eigenvalue weighted by molar-refractivity contribution is 9.10. The van der Waals surface area contributed by atoms with Gasteiger partial charge in [0.25, 0.3) is 0 Å². The second-order valence-electron chi connectivity index (χ2n) is 3.80. The fourth-order valence-electron chi connectivity index (χ4n) is 1.52. The molecule has 0 radical (unpaired) electrons. The van der Waals surface area contributed by atoms with Crippen molar-refractivity contribution < 1.29 is 0 Å². The van der Waals surface area contributed by atoms with Crippen LogP contribution in [0.4, 0.5) is 11.8 Å². The van der Waals surface area contributed by atoms with Crippen LogP contribution in [0, 0.1) is 0 Å². The first-order valence-corrected chi connectivity index (χ1v) is 6.41. The van der Waals surface area contributed by atoms with E-state index in [2.05, 4.69) is 41.6 Å². The minimum absolute atomic E-state index is 0.596. The van der Waals surface area contributed by atoms with Gasteiger partial charge in [0.1, 0.15) is 5.82 Å². The van der Waals surface area contributed by atoms with E-state index in [4.69, 9.17) is 0 Å². The van der Waals surface area contributed by atoms with Gasteiger partial charge in [-0.05, 0) is 22.0 Å². The molecule has 96 valence electrons. The van der Waals surface area contributed by atoms with Gasteiger partial charge in [0.05, 0.1) is 10.2 Å². The Bertz CT molecular complexity index is 524. The average Bonchev–Trinajstić information content (AvgIpc) is 2.77. The number of hydrogen-bond acceptors (Lipinski definition) is 5. The van der Waals surface area contributed by atoms with Crippen LogP contribution in [0.1, 0.15) is 5.69 Å². The van der Waals surface area contributed by atoms with E-state index < -0.39 is 0 Å². The minimum Gasteiger partial charge on any atom is -0.369 e. The van der Waals surface area contributed by atoms with Crippen molar-refractivity contribution in [2.75, 3.05) is 24.2 Å². The maximum atomic E-state index is 4.32. The van der Waals surface area contributed by atoms with Gasteiger partial charge in [-0.25, -0.2) is 4.98 Å². The number of aromatic nitrogens is 4. The maximum Gasteiger partial charge on any atom is 0.224 e. The summed E-state index contributed by atoms with van der Waals surface area (Å²) in [6.45, 7) is 0.774. The molecule has 7 heteroatoms. The van der Waals surface area contributed by atoms with Gasteiger partial charge >= 0.3 is 0 Å². The van der Waals surface area contributed by atoms with Gasteiger partial charge in [-0.3, -0.25) is 4.68 Å². The zero-order valence-electron chi connectivity index (χ0n) is 10.3. The predicted octanol–water partition coefficient (Wildman–Crippen LogP) is 1.67.